The van der Waals surface area contributed by atoms with E-state index in [9.17, 15) is 4.79 Å². The van der Waals surface area contributed by atoms with E-state index in [-0.39, 0.29) is 18.5 Å². The normalized spacial score (nSPS) is 13.3. The minimum Gasteiger partial charge on any atom is -0.496 e. The molecule has 1 aliphatic rings. The number of ketones is 1. The maximum absolute atomic E-state index is 12.8. The van der Waals surface area contributed by atoms with Gasteiger partial charge in [0, 0.05) is 24.0 Å². The number of carbonyl (C=O) groups excluding carboxylic acids is 1. The fourth-order valence-corrected chi connectivity index (χ4v) is 3.87. The Kier molecular flexibility index (Phi) is 6.45. The van der Waals surface area contributed by atoms with Gasteiger partial charge in [0.2, 0.25) is 12.5 Å². The summed E-state index contributed by atoms with van der Waals surface area (Å²) in [5.74, 6) is 2.97. The number of methoxy groups -OCH3 is 2. The fourth-order valence-electron chi connectivity index (χ4n) is 3.87. The lowest BCUT2D eigenvalue weighted by Gasteiger charge is -2.21. The molecular weight excluding hydrogens is 356 g/mol. The van der Waals surface area contributed by atoms with Crippen LogP contribution in [0, 0.1) is 0 Å². The average Bonchev–Trinajstić information content (AvgIpc) is 3.15. The second-order valence-corrected chi connectivity index (χ2v) is 7.10. The summed E-state index contributed by atoms with van der Waals surface area (Å²) in [5, 5.41) is 0. The molecule has 1 unspecified atom stereocenters. The van der Waals surface area contributed by atoms with Gasteiger partial charge in [0.15, 0.2) is 11.5 Å². The van der Waals surface area contributed by atoms with Gasteiger partial charge in [0.25, 0.3) is 0 Å². The lowest BCUT2D eigenvalue weighted by molar-refractivity contribution is -0.118. The monoisotopic (exact) mass is 384 g/mol. The van der Waals surface area contributed by atoms with E-state index < -0.39 is 0 Å². The van der Waals surface area contributed by atoms with Crippen LogP contribution < -0.4 is 18.9 Å². The molecule has 2 aromatic carbocycles. The topological polar surface area (TPSA) is 54.0 Å². The van der Waals surface area contributed by atoms with E-state index in [0.29, 0.717) is 24.3 Å². The fraction of sp³-hybridized carbons (Fsp3) is 0.435. The maximum atomic E-state index is 12.8. The molecule has 1 heterocycles. The van der Waals surface area contributed by atoms with Gasteiger partial charge in [0.05, 0.1) is 14.2 Å². The molecule has 0 N–H and O–H groups in total. The zero-order valence-corrected chi connectivity index (χ0v) is 17.0. The molecule has 5 nitrogen and oxygen atoms in total. The van der Waals surface area contributed by atoms with Crippen LogP contribution in [0.1, 0.15) is 49.3 Å². The van der Waals surface area contributed by atoms with Gasteiger partial charge in [-0.3, -0.25) is 4.79 Å². The quantitative estimate of drug-likeness (QED) is 0.628. The summed E-state index contributed by atoms with van der Waals surface area (Å²) in [6.07, 6.45) is 2.67. The molecule has 2 aromatic rings. The van der Waals surface area contributed by atoms with E-state index in [4.69, 9.17) is 18.9 Å². The molecule has 1 aliphatic heterocycles. The van der Waals surface area contributed by atoms with Crippen molar-refractivity contribution in [2.24, 2.45) is 0 Å². The summed E-state index contributed by atoms with van der Waals surface area (Å²) in [5.41, 5.74) is 3.11. The van der Waals surface area contributed by atoms with Crippen LogP contribution in [0.5, 0.6) is 23.0 Å². The number of fused-ring (bicyclic) bond motifs is 1. The smallest absolute Gasteiger partial charge is 0.231 e. The summed E-state index contributed by atoms with van der Waals surface area (Å²) in [6.45, 7) is 4.40. The molecule has 28 heavy (non-hydrogen) atoms. The molecule has 3 rings (SSSR count). The highest BCUT2D eigenvalue weighted by atomic mass is 16.7. The van der Waals surface area contributed by atoms with Crippen molar-refractivity contribution in [1.29, 1.82) is 0 Å². The number of hydrogen-bond donors (Lipinski definition) is 0. The molecule has 0 bridgehead atoms. The van der Waals surface area contributed by atoms with Gasteiger partial charge in [-0.1, -0.05) is 38.5 Å². The zero-order valence-electron chi connectivity index (χ0n) is 17.0. The van der Waals surface area contributed by atoms with Crippen molar-refractivity contribution >= 4 is 5.78 Å². The van der Waals surface area contributed by atoms with E-state index in [1.807, 2.05) is 30.3 Å². The van der Waals surface area contributed by atoms with Gasteiger partial charge >= 0.3 is 0 Å². The third-order valence-electron chi connectivity index (χ3n) is 5.07. The van der Waals surface area contributed by atoms with Crippen molar-refractivity contribution in [3.05, 3.63) is 47.0 Å². The van der Waals surface area contributed by atoms with Gasteiger partial charge in [-0.15, -0.1) is 0 Å². The first kappa shape index (κ1) is 20.1. The van der Waals surface area contributed by atoms with Crippen LogP contribution in [0.4, 0.5) is 0 Å². The van der Waals surface area contributed by atoms with E-state index in [1.54, 1.807) is 14.2 Å². The van der Waals surface area contributed by atoms with Crippen LogP contribution in [-0.4, -0.2) is 26.8 Å². The van der Waals surface area contributed by atoms with E-state index in [0.717, 1.165) is 41.0 Å². The highest BCUT2D eigenvalue weighted by molar-refractivity contribution is 5.82. The Morgan fingerprint density at radius 3 is 2.64 bits per heavy atom. The number of ether oxygens (including phenoxy) is 4. The lowest BCUT2D eigenvalue weighted by atomic mass is 9.87. The Hall–Kier alpha value is -2.69. The molecule has 0 saturated heterocycles. The number of hydrogen-bond acceptors (Lipinski definition) is 5. The van der Waals surface area contributed by atoms with Gasteiger partial charge < -0.3 is 18.9 Å². The molecule has 0 aromatic heterocycles. The van der Waals surface area contributed by atoms with Crippen molar-refractivity contribution in [1.82, 2.24) is 0 Å². The number of rotatable bonds is 9. The molecule has 0 saturated carbocycles. The Labute approximate surface area is 166 Å². The second kappa shape index (κ2) is 9.00. The van der Waals surface area contributed by atoms with Crippen LogP contribution in [0.3, 0.4) is 0 Å². The Balaban J connectivity index is 1.85. The van der Waals surface area contributed by atoms with E-state index in [2.05, 4.69) is 13.8 Å². The molecule has 1 atom stereocenters. The van der Waals surface area contributed by atoms with Crippen LogP contribution in [0.15, 0.2) is 30.3 Å². The summed E-state index contributed by atoms with van der Waals surface area (Å²) in [7, 11) is 3.26. The predicted molar refractivity (Wildman–Crippen MR) is 108 cm³/mol. The lowest BCUT2D eigenvalue weighted by Crippen LogP contribution is -2.11. The predicted octanol–water partition coefficient (Wildman–Crippen LogP) is 4.69. The first-order valence-corrected chi connectivity index (χ1v) is 9.71. The zero-order chi connectivity index (χ0) is 20.1. The first-order valence-electron chi connectivity index (χ1n) is 9.71. The Morgan fingerprint density at radius 1 is 1.14 bits per heavy atom. The molecule has 5 heteroatoms. The third kappa shape index (κ3) is 4.08. The van der Waals surface area contributed by atoms with Gasteiger partial charge in [-0.25, -0.2) is 0 Å². The second-order valence-electron chi connectivity index (χ2n) is 7.10. The molecular formula is C23H28O5. The van der Waals surface area contributed by atoms with Crippen LogP contribution >= 0.6 is 0 Å². The summed E-state index contributed by atoms with van der Waals surface area (Å²) >= 11 is 0. The summed E-state index contributed by atoms with van der Waals surface area (Å²) < 4.78 is 22.3. The van der Waals surface area contributed by atoms with Crippen molar-refractivity contribution < 1.29 is 23.7 Å². The highest BCUT2D eigenvalue weighted by Crippen LogP contribution is 2.48. The minimum absolute atomic E-state index is 0.00760. The van der Waals surface area contributed by atoms with Gasteiger partial charge in [0.1, 0.15) is 11.5 Å². The van der Waals surface area contributed by atoms with Crippen molar-refractivity contribution in [2.45, 2.75) is 45.4 Å². The molecule has 0 radical (unpaired) electrons. The Morgan fingerprint density at radius 2 is 1.93 bits per heavy atom. The van der Waals surface area contributed by atoms with E-state index >= 15 is 0 Å². The molecule has 0 fully saturated rings. The van der Waals surface area contributed by atoms with Crippen molar-refractivity contribution in [3.8, 4) is 23.0 Å². The maximum Gasteiger partial charge on any atom is 0.231 e. The number of carbonyl (C=O) groups is 1. The molecule has 0 amide bonds. The summed E-state index contributed by atoms with van der Waals surface area (Å²) in [6, 6.07) is 9.68. The number of aryl methyl sites for hydroxylation is 1. The number of Topliss-reactive ketones (excluding diaryl/α,β-unsaturated/α-hetero) is 1. The van der Waals surface area contributed by atoms with Crippen LogP contribution in [-0.2, 0) is 17.6 Å². The summed E-state index contributed by atoms with van der Waals surface area (Å²) in [4.78, 5) is 12.8. The van der Waals surface area contributed by atoms with E-state index in [1.165, 1.54) is 0 Å². The van der Waals surface area contributed by atoms with Crippen LogP contribution in [0.2, 0.25) is 0 Å². The molecule has 0 spiro atoms. The van der Waals surface area contributed by atoms with Gasteiger partial charge in [-0.05, 0) is 30.0 Å². The molecule has 0 aliphatic carbocycles. The average molecular weight is 384 g/mol. The number of benzene rings is 2. The minimum atomic E-state index is 0.00760. The highest BCUT2D eigenvalue weighted by Gasteiger charge is 2.28. The molecule has 150 valence electrons. The number of para-hydroxylation sites is 1. The van der Waals surface area contributed by atoms with Crippen molar-refractivity contribution in [2.75, 3.05) is 21.0 Å². The largest absolute Gasteiger partial charge is 0.496 e. The SMILES string of the molecule is CCCc1cc2c(c(OC)c1C(C)CC(=O)Cc1ccccc1OC)OCO2. The first-order chi connectivity index (χ1) is 13.6. The van der Waals surface area contributed by atoms with Crippen molar-refractivity contribution in [3.63, 3.8) is 0 Å². The van der Waals surface area contributed by atoms with Crippen LogP contribution in [0.25, 0.3) is 0 Å². The Bertz CT molecular complexity index is 843. The standard InChI is InChI=1S/C23H28O5/c1-5-8-17-13-20-22(28-14-27-20)23(26-4)21(17)15(2)11-18(24)12-16-9-6-7-10-19(16)25-3/h6-7,9-10,13,15H,5,8,11-12,14H2,1-4H3. The third-order valence-corrected chi connectivity index (χ3v) is 5.07. The van der Waals surface area contributed by atoms with Gasteiger partial charge in [-0.2, -0.15) is 0 Å².